The summed E-state index contributed by atoms with van der Waals surface area (Å²) >= 11 is 0. The zero-order valence-corrected chi connectivity index (χ0v) is 21.2. The smallest absolute Gasteiger partial charge is 0.285 e. The highest BCUT2D eigenvalue weighted by atomic mass is 32.2. The van der Waals surface area contributed by atoms with Crippen LogP contribution in [-0.2, 0) is 21.4 Å². The van der Waals surface area contributed by atoms with Crippen LogP contribution in [0, 0.1) is 12.8 Å². The van der Waals surface area contributed by atoms with Crippen LogP contribution in [0.25, 0.3) is 4.91 Å². The summed E-state index contributed by atoms with van der Waals surface area (Å²) in [5, 5.41) is 3.05. The minimum atomic E-state index is -3.75. The maximum Gasteiger partial charge on any atom is 0.285 e. The average molecular weight is 480 g/mol. The Hall–Kier alpha value is -2.93. The van der Waals surface area contributed by atoms with Crippen molar-refractivity contribution in [3.05, 3.63) is 76.4 Å². The van der Waals surface area contributed by atoms with Crippen molar-refractivity contribution >= 4 is 26.7 Å². The van der Waals surface area contributed by atoms with E-state index in [0.717, 1.165) is 5.56 Å². The number of nitrogens with one attached hydrogen (secondary N) is 1. The third-order valence-corrected chi connectivity index (χ3v) is 8.17. The molecule has 2 aromatic carbocycles. The van der Waals surface area contributed by atoms with Crippen LogP contribution in [0.5, 0.6) is 0 Å². The number of hydrogen-bond donors (Lipinski definition) is 1. The van der Waals surface area contributed by atoms with Gasteiger partial charge in [0, 0.05) is 31.1 Å². The number of carbonyl (C=O) groups excluding carboxylic acids is 1. The molecule has 0 saturated carbocycles. The normalized spacial score (nSPS) is 18.4. The molecule has 6 nitrogen and oxygen atoms in total. The van der Waals surface area contributed by atoms with Gasteiger partial charge in [-0.2, -0.15) is 8.42 Å². The van der Waals surface area contributed by atoms with Gasteiger partial charge in [-0.1, -0.05) is 67.9 Å². The van der Waals surface area contributed by atoms with Gasteiger partial charge in [-0.25, -0.2) is 0 Å². The van der Waals surface area contributed by atoms with Crippen molar-refractivity contribution in [2.24, 2.45) is 10.3 Å². The first-order valence-electron chi connectivity index (χ1n) is 11.9. The monoisotopic (exact) mass is 479 g/mol. The van der Waals surface area contributed by atoms with Gasteiger partial charge in [0.25, 0.3) is 10.0 Å². The van der Waals surface area contributed by atoms with Crippen LogP contribution in [0.1, 0.15) is 61.8 Å². The van der Waals surface area contributed by atoms with Crippen molar-refractivity contribution in [1.82, 2.24) is 10.2 Å². The van der Waals surface area contributed by atoms with E-state index in [9.17, 15) is 13.2 Å². The summed E-state index contributed by atoms with van der Waals surface area (Å²) < 4.78 is 30.0. The van der Waals surface area contributed by atoms with E-state index in [-0.39, 0.29) is 16.7 Å². The third-order valence-electron chi connectivity index (χ3n) is 6.69. The van der Waals surface area contributed by atoms with Gasteiger partial charge >= 0.3 is 0 Å². The number of nitrogens with zero attached hydrogens (tertiary/aromatic N) is 2. The lowest BCUT2D eigenvalue weighted by Crippen LogP contribution is -2.43. The number of likely N-dealkylation sites (tertiary alicyclic amines) is 1. The maximum absolute atomic E-state index is 12.9. The van der Waals surface area contributed by atoms with Gasteiger partial charge in [0.1, 0.15) is 10.7 Å². The number of rotatable bonds is 5. The zero-order valence-electron chi connectivity index (χ0n) is 20.3. The highest BCUT2D eigenvalue weighted by Crippen LogP contribution is 2.35. The molecule has 34 heavy (non-hydrogen) atoms. The molecular formula is C27H33N3O3S. The molecule has 0 bridgehead atoms. The lowest BCUT2D eigenvalue weighted by atomic mass is 9.95. The summed E-state index contributed by atoms with van der Waals surface area (Å²) in [7, 11) is -3.75. The number of benzene rings is 2. The van der Waals surface area contributed by atoms with Crippen molar-refractivity contribution in [3.63, 3.8) is 0 Å². The molecular weight excluding hydrogens is 446 g/mol. The molecule has 2 aliphatic rings. The second-order valence-electron chi connectivity index (χ2n) is 9.59. The lowest BCUT2D eigenvalue weighted by Gasteiger charge is -2.32. The number of sulfonamides is 1. The second kappa shape index (κ2) is 9.74. The van der Waals surface area contributed by atoms with Crippen LogP contribution in [0.3, 0.4) is 0 Å². The molecule has 4 rings (SSSR count). The minimum Gasteiger partial charge on any atom is -0.356 e. The van der Waals surface area contributed by atoms with Gasteiger partial charge in [0.2, 0.25) is 5.91 Å². The van der Waals surface area contributed by atoms with Crippen LogP contribution >= 0.6 is 0 Å². The number of hydrogen-bond acceptors (Lipinski definition) is 4. The molecule has 0 unspecified atom stereocenters. The fourth-order valence-corrected chi connectivity index (χ4v) is 6.20. The molecule has 1 amide bonds. The van der Waals surface area contributed by atoms with Crippen LogP contribution in [0.15, 0.2) is 58.5 Å². The Morgan fingerprint density at radius 3 is 2.38 bits per heavy atom. The van der Waals surface area contributed by atoms with Gasteiger partial charge < -0.3 is 10.2 Å². The quantitative estimate of drug-likeness (QED) is 0.679. The molecule has 1 N–H and O–H groups in total. The van der Waals surface area contributed by atoms with Crippen molar-refractivity contribution in [1.29, 1.82) is 0 Å². The largest absolute Gasteiger partial charge is 0.356 e. The van der Waals surface area contributed by atoms with Crippen LogP contribution < -0.4 is 5.32 Å². The minimum absolute atomic E-state index is 0.0559. The van der Waals surface area contributed by atoms with E-state index < -0.39 is 10.0 Å². The number of amidine groups is 1. The van der Waals surface area contributed by atoms with Gasteiger partial charge in [0.05, 0.1) is 0 Å². The molecule has 180 valence electrons. The molecule has 0 aromatic heterocycles. The molecule has 2 aliphatic heterocycles. The fourth-order valence-electron chi connectivity index (χ4n) is 4.71. The van der Waals surface area contributed by atoms with Gasteiger partial charge in [-0.15, -0.1) is 4.40 Å². The number of aryl methyl sites for hydroxylation is 1. The van der Waals surface area contributed by atoms with E-state index in [1.165, 1.54) is 11.1 Å². The number of carbonyl (C=O) groups is 1. The maximum atomic E-state index is 12.9. The summed E-state index contributed by atoms with van der Waals surface area (Å²) in [4.78, 5) is 15.0. The summed E-state index contributed by atoms with van der Waals surface area (Å²) in [6.07, 6.45) is 1.34. The van der Waals surface area contributed by atoms with Crippen molar-refractivity contribution in [3.8, 4) is 0 Å². The fraction of sp³-hybridized carbons (Fsp3) is 0.407. The van der Waals surface area contributed by atoms with E-state index in [0.29, 0.717) is 55.4 Å². The van der Waals surface area contributed by atoms with Crippen molar-refractivity contribution < 1.29 is 13.2 Å². The van der Waals surface area contributed by atoms with Crippen LogP contribution in [-0.4, -0.2) is 38.2 Å². The molecule has 0 radical (unpaired) electrons. The highest BCUT2D eigenvalue weighted by molar-refractivity contribution is 8.00. The summed E-state index contributed by atoms with van der Waals surface area (Å²) in [5.74, 6) is 0.875. The number of piperidine rings is 1. The molecule has 7 heteroatoms. The van der Waals surface area contributed by atoms with E-state index in [1.54, 1.807) is 0 Å². The molecule has 2 heterocycles. The first-order valence-corrected chi connectivity index (χ1v) is 13.3. The topological polar surface area (TPSA) is 78.8 Å². The van der Waals surface area contributed by atoms with Crippen LogP contribution in [0.2, 0.25) is 0 Å². The highest BCUT2D eigenvalue weighted by Gasteiger charge is 2.35. The van der Waals surface area contributed by atoms with Gasteiger partial charge in [0.15, 0.2) is 0 Å². The molecule has 1 saturated heterocycles. The molecule has 0 aliphatic carbocycles. The summed E-state index contributed by atoms with van der Waals surface area (Å²) in [6, 6.07) is 15.8. The first-order chi connectivity index (χ1) is 16.2. The zero-order chi connectivity index (χ0) is 24.5. The Bertz CT molecular complexity index is 1240. The predicted molar refractivity (Wildman–Crippen MR) is 137 cm³/mol. The predicted octanol–water partition coefficient (Wildman–Crippen LogP) is 4.62. The summed E-state index contributed by atoms with van der Waals surface area (Å²) in [5.41, 5.74) is 4.78. The van der Waals surface area contributed by atoms with Crippen LogP contribution in [0.4, 0.5) is 0 Å². The van der Waals surface area contributed by atoms with E-state index in [2.05, 4.69) is 29.6 Å². The average Bonchev–Trinajstić information content (AvgIpc) is 3.06. The molecule has 0 spiro atoms. The Morgan fingerprint density at radius 2 is 1.76 bits per heavy atom. The second-order valence-corrected chi connectivity index (χ2v) is 11.1. The standard InChI is InChI=1S/C27H33N3O3S/c1-18(2)22-8-10-23(11-9-22)25-20(4)26(29-34(25,32)33)30-14-12-24(13-15-30)27(31)28-17-21-7-5-6-19(3)16-21/h5-11,16,18,24H,12-15,17H2,1-4H3,(H,28,31). The Morgan fingerprint density at radius 1 is 1.09 bits per heavy atom. The van der Waals surface area contributed by atoms with Crippen molar-refractivity contribution in [2.45, 2.75) is 53.0 Å². The molecule has 0 atom stereocenters. The molecule has 1 fully saturated rings. The van der Waals surface area contributed by atoms with E-state index in [1.807, 2.05) is 61.2 Å². The molecule has 2 aromatic rings. The number of amides is 1. The summed E-state index contributed by atoms with van der Waals surface area (Å²) in [6.45, 7) is 9.82. The van der Waals surface area contributed by atoms with E-state index in [4.69, 9.17) is 0 Å². The van der Waals surface area contributed by atoms with Crippen molar-refractivity contribution in [2.75, 3.05) is 13.1 Å². The van der Waals surface area contributed by atoms with E-state index >= 15 is 0 Å². The lowest BCUT2D eigenvalue weighted by molar-refractivity contribution is -0.126. The van der Waals surface area contributed by atoms with Gasteiger partial charge in [-0.3, -0.25) is 4.79 Å². The Kier molecular flexibility index (Phi) is 6.94. The Balaban J connectivity index is 1.41. The van der Waals surface area contributed by atoms with Gasteiger partial charge in [-0.05, 0) is 49.3 Å². The first kappa shape index (κ1) is 24.2. The third kappa shape index (κ3) is 5.09. The Labute approximate surface area is 202 Å². The SMILES string of the molecule is CC1=C(c2ccc(C(C)C)cc2)S(=O)(=O)N=C1N1CCC(C(=O)NCc2cccc(C)c2)CC1.